The van der Waals surface area contributed by atoms with Crippen molar-refractivity contribution in [1.82, 2.24) is 15.2 Å². The average molecular weight is 383 g/mol. The first-order valence-corrected chi connectivity index (χ1v) is 7.92. The van der Waals surface area contributed by atoms with Crippen LogP contribution in [0.25, 0.3) is 10.8 Å². The number of halogens is 2. The van der Waals surface area contributed by atoms with E-state index in [1.165, 1.54) is 10.8 Å². The fourth-order valence-corrected chi connectivity index (χ4v) is 2.71. The first-order valence-electron chi connectivity index (χ1n) is 7.92. The molecule has 0 bridgehead atoms. The van der Waals surface area contributed by atoms with E-state index in [1.54, 1.807) is 6.21 Å². The van der Waals surface area contributed by atoms with Gasteiger partial charge in [0.25, 0.3) is 5.91 Å². The Morgan fingerprint density at radius 3 is 2.48 bits per heavy atom. The fraction of sp³-hybridized carbons (Fsp3) is 0.333. The van der Waals surface area contributed by atoms with Gasteiger partial charge in [-0.3, -0.25) is 9.69 Å². The van der Waals surface area contributed by atoms with Crippen LogP contribution < -0.4 is 5.43 Å². The van der Waals surface area contributed by atoms with E-state index in [1.807, 2.05) is 18.2 Å². The largest absolute Gasteiger partial charge is 0.304 e. The Morgan fingerprint density at radius 2 is 1.76 bits per heavy atom. The molecule has 0 aromatic heterocycles. The van der Waals surface area contributed by atoms with Crippen molar-refractivity contribution in [2.75, 3.05) is 39.8 Å². The quantitative estimate of drug-likeness (QED) is 0.652. The molecule has 0 aliphatic carbocycles. The van der Waals surface area contributed by atoms with Crippen LogP contribution in [0, 0.1) is 0 Å². The Kier molecular flexibility index (Phi) is 8.86. The molecule has 1 N–H and O–H groups in total. The zero-order chi connectivity index (χ0) is 16.1. The number of hydrazone groups is 1. The normalized spacial score (nSPS) is 15.6. The Morgan fingerprint density at radius 1 is 1.08 bits per heavy atom. The maximum Gasteiger partial charge on any atom is 0.254 e. The highest BCUT2D eigenvalue weighted by Crippen LogP contribution is 2.14. The SMILES string of the molecule is CN1CCN(CC(=O)N/N=C\c2ccc3ccccc3c2)CC1.Cl.Cl. The summed E-state index contributed by atoms with van der Waals surface area (Å²) in [5.41, 5.74) is 3.59. The van der Waals surface area contributed by atoms with Crippen molar-refractivity contribution in [1.29, 1.82) is 0 Å². The number of nitrogens with one attached hydrogen (secondary N) is 1. The molecule has 3 rings (SSSR count). The summed E-state index contributed by atoms with van der Waals surface area (Å²) in [6, 6.07) is 14.3. The highest BCUT2D eigenvalue weighted by molar-refractivity contribution is 5.91. The van der Waals surface area contributed by atoms with Crippen LogP contribution in [0.4, 0.5) is 0 Å². The molecule has 1 aliphatic heterocycles. The van der Waals surface area contributed by atoms with E-state index in [-0.39, 0.29) is 30.7 Å². The van der Waals surface area contributed by atoms with Crippen LogP contribution in [0.15, 0.2) is 47.6 Å². The van der Waals surface area contributed by atoms with Crippen molar-refractivity contribution >= 4 is 47.7 Å². The molecule has 2 aromatic rings. The van der Waals surface area contributed by atoms with Crippen LogP contribution >= 0.6 is 24.8 Å². The second-order valence-corrected chi connectivity index (χ2v) is 5.98. The fourth-order valence-electron chi connectivity index (χ4n) is 2.71. The Bertz CT molecular complexity index is 715. The molecular formula is C18H24Cl2N4O. The van der Waals surface area contributed by atoms with Gasteiger partial charge in [-0.05, 0) is 29.4 Å². The maximum absolute atomic E-state index is 11.9. The van der Waals surface area contributed by atoms with E-state index >= 15 is 0 Å². The van der Waals surface area contributed by atoms with Gasteiger partial charge in [0.15, 0.2) is 0 Å². The van der Waals surface area contributed by atoms with Crippen LogP contribution in [0.5, 0.6) is 0 Å². The number of nitrogens with zero attached hydrogens (tertiary/aromatic N) is 3. The van der Waals surface area contributed by atoms with Crippen LogP contribution in [-0.2, 0) is 4.79 Å². The van der Waals surface area contributed by atoms with Gasteiger partial charge in [-0.2, -0.15) is 5.10 Å². The van der Waals surface area contributed by atoms with Gasteiger partial charge in [-0.1, -0.05) is 36.4 Å². The summed E-state index contributed by atoms with van der Waals surface area (Å²) in [5.74, 6) is -0.0633. The summed E-state index contributed by atoms with van der Waals surface area (Å²) in [7, 11) is 2.10. The smallest absolute Gasteiger partial charge is 0.254 e. The average Bonchev–Trinajstić information content (AvgIpc) is 2.57. The molecule has 136 valence electrons. The minimum Gasteiger partial charge on any atom is -0.304 e. The first-order chi connectivity index (χ1) is 11.2. The second-order valence-electron chi connectivity index (χ2n) is 5.98. The molecule has 1 saturated heterocycles. The highest BCUT2D eigenvalue weighted by atomic mass is 35.5. The molecule has 0 atom stereocenters. The van der Waals surface area contributed by atoms with Crippen molar-refractivity contribution in [3.8, 4) is 0 Å². The van der Waals surface area contributed by atoms with Crippen molar-refractivity contribution in [3.63, 3.8) is 0 Å². The number of fused-ring (bicyclic) bond motifs is 1. The lowest BCUT2D eigenvalue weighted by atomic mass is 10.1. The predicted octanol–water partition coefficient (Wildman–Crippen LogP) is 2.38. The lowest BCUT2D eigenvalue weighted by molar-refractivity contribution is -0.122. The molecule has 25 heavy (non-hydrogen) atoms. The van der Waals surface area contributed by atoms with Gasteiger partial charge in [-0.15, -0.1) is 24.8 Å². The minimum absolute atomic E-state index is 0. The summed E-state index contributed by atoms with van der Waals surface area (Å²) in [4.78, 5) is 16.3. The zero-order valence-corrected chi connectivity index (χ0v) is 15.9. The van der Waals surface area contributed by atoms with Gasteiger partial charge in [0.1, 0.15) is 0 Å². The van der Waals surface area contributed by atoms with E-state index in [0.29, 0.717) is 6.54 Å². The summed E-state index contributed by atoms with van der Waals surface area (Å²) in [6.45, 7) is 4.28. The van der Waals surface area contributed by atoms with Crippen LogP contribution in [-0.4, -0.2) is 61.7 Å². The van der Waals surface area contributed by atoms with Crippen LogP contribution in [0.2, 0.25) is 0 Å². The number of benzene rings is 2. The van der Waals surface area contributed by atoms with Gasteiger partial charge in [0, 0.05) is 26.2 Å². The number of hydrogen-bond donors (Lipinski definition) is 1. The van der Waals surface area contributed by atoms with Gasteiger partial charge >= 0.3 is 0 Å². The first kappa shape index (κ1) is 21.4. The van der Waals surface area contributed by atoms with Gasteiger partial charge in [0.05, 0.1) is 12.8 Å². The van der Waals surface area contributed by atoms with Gasteiger partial charge < -0.3 is 4.90 Å². The zero-order valence-electron chi connectivity index (χ0n) is 14.2. The van der Waals surface area contributed by atoms with E-state index in [2.05, 4.69) is 51.6 Å². The molecule has 5 nitrogen and oxygen atoms in total. The summed E-state index contributed by atoms with van der Waals surface area (Å²) in [5, 5.41) is 6.43. The second kappa shape index (κ2) is 10.4. The minimum atomic E-state index is -0.0633. The molecule has 1 amide bonds. The number of rotatable bonds is 4. The number of carbonyl (C=O) groups is 1. The number of amides is 1. The van der Waals surface area contributed by atoms with E-state index < -0.39 is 0 Å². The molecule has 1 aliphatic rings. The molecule has 7 heteroatoms. The highest BCUT2D eigenvalue weighted by Gasteiger charge is 2.15. The van der Waals surface area contributed by atoms with Crippen molar-refractivity contribution in [2.45, 2.75) is 0 Å². The van der Waals surface area contributed by atoms with Crippen molar-refractivity contribution in [2.24, 2.45) is 5.10 Å². The molecule has 0 unspecified atom stereocenters. The molecule has 2 aromatic carbocycles. The molecule has 1 heterocycles. The Hall–Kier alpha value is -1.66. The van der Waals surface area contributed by atoms with Crippen molar-refractivity contribution < 1.29 is 4.79 Å². The standard InChI is InChI=1S/C18H22N4O.2ClH/c1-21-8-10-22(11-9-21)14-18(23)20-19-13-15-6-7-16-4-2-3-5-17(16)12-15;;/h2-7,12-13H,8-11,14H2,1H3,(H,20,23);2*1H/b19-13-;;. The van der Waals surface area contributed by atoms with Crippen LogP contribution in [0.3, 0.4) is 0 Å². The molecular weight excluding hydrogens is 359 g/mol. The number of carbonyl (C=O) groups excluding carboxylic acids is 1. The Labute approximate surface area is 160 Å². The topological polar surface area (TPSA) is 47.9 Å². The number of piperazine rings is 1. The van der Waals surface area contributed by atoms with Crippen LogP contribution in [0.1, 0.15) is 5.56 Å². The third-order valence-corrected chi connectivity index (χ3v) is 4.14. The maximum atomic E-state index is 11.9. The lowest BCUT2D eigenvalue weighted by Crippen LogP contribution is -2.47. The summed E-state index contributed by atoms with van der Waals surface area (Å²) < 4.78 is 0. The lowest BCUT2D eigenvalue weighted by Gasteiger charge is -2.31. The number of hydrogen-bond acceptors (Lipinski definition) is 4. The van der Waals surface area contributed by atoms with Gasteiger partial charge in [-0.25, -0.2) is 5.43 Å². The number of likely N-dealkylation sites (N-methyl/N-ethyl adjacent to an activating group) is 1. The summed E-state index contributed by atoms with van der Waals surface area (Å²) in [6.07, 6.45) is 1.69. The molecule has 0 saturated carbocycles. The molecule has 1 fully saturated rings. The van der Waals surface area contributed by atoms with E-state index in [4.69, 9.17) is 0 Å². The van der Waals surface area contributed by atoms with Crippen molar-refractivity contribution in [3.05, 3.63) is 48.0 Å². The molecule has 0 spiro atoms. The van der Waals surface area contributed by atoms with Gasteiger partial charge in [0.2, 0.25) is 0 Å². The summed E-state index contributed by atoms with van der Waals surface area (Å²) >= 11 is 0. The van der Waals surface area contributed by atoms with E-state index in [0.717, 1.165) is 31.7 Å². The Balaban J connectivity index is 0.00000156. The third kappa shape index (κ3) is 6.29. The van der Waals surface area contributed by atoms with E-state index in [9.17, 15) is 4.79 Å². The third-order valence-electron chi connectivity index (χ3n) is 4.14. The monoisotopic (exact) mass is 382 g/mol. The predicted molar refractivity (Wildman–Crippen MR) is 108 cm³/mol. The molecule has 0 radical (unpaired) electrons.